The minimum Gasteiger partial charge on any atom is -0.380 e. The highest BCUT2D eigenvalue weighted by molar-refractivity contribution is 9.10. The molecule has 1 atom stereocenters. The molecule has 5 aromatic rings. The van der Waals surface area contributed by atoms with Gasteiger partial charge in [0.2, 0.25) is 0 Å². The van der Waals surface area contributed by atoms with Gasteiger partial charge in [0.25, 0.3) is 0 Å². The molecule has 1 saturated heterocycles. The van der Waals surface area contributed by atoms with Crippen molar-refractivity contribution in [3.05, 3.63) is 118 Å². The molecule has 7 heteroatoms. The van der Waals surface area contributed by atoms with E-state index in [9.17, 15) is 10.3 Å². The predicted molar refractivity (Wildman–Crippen MR) is 174 cm³/mol. The average Bonchev–Trinajstić information content (AvgIpc) is 3.00. The lowest BCUT2D eigenvalue weighted by atomic mass is 9.80. The van der Waals surface area contributed by atoms with Gasteiger partial charge in [-0.3, -0.25) is 0 Å². The molecule has 1 unspecified atom stereocenters. The number of rotatable bonds is 8. The van der Waals surface area contributed by atoms with Gasteiger partial charge in [0, 0.05) is 54.6 Å². The van der Waals surface area contributed by atoms with Crippen LogP contribution < -0.4 is 4.90 Å². The molecule has 0 radical (unpaired) electrons. The molecule has 4 aromatic carbocycles. The molecule has 6 nitrogen and oxygen atoms in total. The zero-order valence-electron chi connectivity index (χ0n) is 24.2. The van der Waals surface area contributed by atoms with Gasteiger partial charge in [-0.15, -0.1) is 0 Å². The number of nitrogens with zero attached hydrogens (tertiary/aromatic N) is 4. The van der Waals surface area contributed by atoms with Crippen LogP contribution in [0.2, 0.25) is 0 Å². The van der Waals surface area contributed by atoms with Gasteiger partial charge >= 0.3 is 0 Å². The van der Waals surface area contributed by atoms with E-state index in [-0.39, 0.29) is 0 Å². The summed E-state index contributed by atoms with van der Waals surface area (Å²) in [6.07, 6.45) is 1.25. The van der Waals surface area contributed by atoms with Crippen LogP contribution in [0.4, 0.5) is 5.82 Å². The van der Waals surface area contributed by atoms with Gasteiger partial charge in [0.15, 0.2) is 0 Å². The van der Waals surface area contributed by atoms with Crippen molar-refractivity contribution in [3.8, 4) is 0 Å². The van der Waals surface area contributed by atoms with E-state index < -0.39 is 5.60 Å². The van der Waals surface area contributed by atoms with Crippen molar-refractivity contribution < 1.29 is 10.3 Å². The summed E-state index contributed by atoms with van der Waals surface area (Å²) >= 11 is 3.78. The van der Waals surface area contributed by atoms with Gasteiger partial charge in [-0.2, -0.15) is 5.06 Å². The van der Waals surface area contributed by atoms with Crippen LogP contribution >= 0.6 is 15.9 Å². The normalized spacial score (nSPS) is 15.9. The van der Waals surface area contributed by atoms with Crippen molar-refractivity contribution in [2.24, 2.45) is 0 Å². The minimum absolute atomic E-state index is 0.505. The number of anilines is 1. The molecule has 0 amide bonds. The van der Waals surface area contributed by atoms with Gasteiger partial charge in [0.1, 0.15) is 11.4 Å². The van der Waals surface area contributed by atoms with E-state index in [0.29, 0.717) is 39.1 Å². The number of aromatic nitrogens is 1. The Labute approximate surface area is 255 Å². The number of aliphatic hydroxyl groups is 1. The van der Waals surface area contributed by atoms with Gasteiger partial charge in [-0.25, -0.2) is 4.98 Å². The monoisotopic (exact) mass is 624 g/mol. The number of halogens is 1. The van der Waals surface area contributed by atoms with Crippen LogP contribution in [-0.2, 0) is 12.0 Å². The van der Waals surface area contributed by atoms with E-state index in [1.807, 2.05) is 44.4 Å². The summed E-state index contributed by atoms with van der Waals surface area (Å²) in [6, 6.07) is 31.3. The molecular formula is C35H37BrN4O2. The maximum absolute atomic E-state index is 12.9. The van der Waals surface area contributed by atoms with Gasteiger partial charge in [0.05, 0.1) is 5.52 Å². The molecule has 6 rings (SSSR count). The summed E-state index contributed by atoms with van der Waals surface area (Å²) in [6.45, 7) is 3.17. The van der Waals surface area contributed by atoms with Crippen LogP contribution in [0.25, 0.3) is 21.7 Å². The van der Waals surface area contributed by atoms with Crippen LogP contribution in [0, 0.1) is 0 Å². The molecule has 216 valence electrons. The molecule has 1 aromatic heterocycles. The molecular weight excluding hydrogens is 588 g/mol. The number of hydroxylamine groups is 2. The molecule has 0 spiro atoms. The first-order chi connectivity index (χ1) is 20.3. The first kappa shape index (κ1) is 28.8. The van der Waals surface area contributed by atoms with Crippen LogP contribution in [0.5, 0.6) is 0 Å². The molecule has 1 aliphatic heterocycles. The van der Waals surface area contributed by atoms with Gasteiger partial charge in [-0.1, -0.05) is 88.7 Å². The van der Waals surface area contributed by atoms with Crippen LogP contribution in [0.15, 0.2) is 95.5 Å². The molecule has 0 saturated carbocycles. The fraction of sp³-hybridized carbons (Fsp3) is 0.286. The van der Waals surface area contributed by atoms with Crippen LogP contribution in [-0.4, -0.2) is 72.1 Å². The number of pyridine rings is 1. The molecule has 0 bridgehead atoms. The maximum atomic E-state index is 12.9. The Balaban J connectivity index is 1.59. The highest BCUT2D eigenvalue weighted by atomic mass is 79.9. The third kappa shape index (κ3) is 5.80. The molecule has 0 aliphatic carbocycles. The van der Waals surface area contributed by atoms with Crippen molar-refractivity contribution in [1.29, 1.82) is 0 Å². The smallest absolute Gasteiger partial charge is 0.132 e. The fourth-order valence-electron chi connectivity index (χ4n) is 6.11. The second-order valence-corrected chi connectivity index (χ2v) is 12.5. The Hall–Kier alpha value is -3.33. The second kappa shape index (κ2) is 12.1. The lowest BCUT2D eigenvalue weighted by Gasteiger charge is -2.35. The van der Waals surface area contributed by atoms with Crippen molar-refractivity contribution >= 4 is 43.4 Å². The highest BCUT2D eigenvalue weighted by Crippen LogP contribution is 2.42. The Morgan fingerprint density at radius 2 is 1.55 bits per heavy atom. The zero-order valence-corrected chi connectivity index (χ0v) is 25.8. The Morgan fingerprint density at radius 1 is 0.833 bits per heavy atom. The lowest BCUT2D eigenvalue weighted by molar-refractivity contribution is -0.0936. The summed E-state index contributed by atoms with van der Waals surface area (Å²) in [5, 5.41) is 27.5. The first-order valence-corrected chi connectivity index (χ1v) is 15.3. The van der Waals surface area contributed by atoms with Crippen molar-refractivity contribution in [3.63, 3.8) is 0 Å². The van der Waals surface area contributed by atoms with E-state index in [4.69, 9.17) is 4.98 Å². The summed E-state index contributed by atoms with van der Waals surface area (Å²) in [7, 11) is 4.07. The van der Waals surface area contributed by atoms with Gasteiger partial charge < -0.3 is 20.1 Å². The third-order valence-electron chi connectivity index (χ3n) is 8.33. The SMILES string of the molecule is CN(C)CCC(O)(c1cccc2ccccc12)c1cc(Br)cc2cc(Cc3ccccc3)c(N3CCN(O)CC3)nc12. The van der Waals surface area contributed by atoms with Crippen molar-refractivity contribution in [2.45, 2.75) is 18.4 Å². The third-order valence-corrected chi connectivity index (χ3v) is 8.79. The Bertz CT molecular complexity index is 1700. The highest BCUT2D eigenvalue weighted by Gasteiger charge is 2.36. The zero-order chi connectivity index (χ0) is 29.3. The summed E-state index contributed by atoms with van der Waals surface area (Å²) in [5.74, 6) is 0.913. The summed E-state index contributed by atoms with van der Waals surface area (Å²) < 4.78 is 0.905. The molecule has 2 heterocycles. The van der Waals surface area contributed by atoms with E-state index in [0.717, 1.165) is 55.1 Å². The van der Waals surface area contributed by atoms with Crippen molar-refractivity contribution in [1.82, 2.24) is 14.9 Å². The summed E-state index contributed by atoms with van der Waals surface area (Å²) in [5.41, 5.74) is 3.53. The van der Waals surface area contributed by atoms with Gasteiger partial charge in [-0.05, 0) is 66.2 Å². The Kier molecular flexibility index (Phi) is 8.30. The van der Waals surface area contributed by atoms with E-state index >= 15 is 0 Å². The fourth-order valence-corrected chi connectivity index (χ4v) is 6.59. The van der Waals surface area contributed by atoms with E-state index in [2.05, 4.69) is 86.4 Å². The van der Waals surface area contributed by atoms with Crippen molar-refractivity contribution in [2.75, 3.05) is 51.7 Å². The summed E-state index contributed by atoms with van der Waals surface area (Å²) in [4.78, 5) is 9.77. The first-order valence-electron chi connectivity index (χ1n) is 14.5. The molecule has 42 heavy (non-hydrogen) atoms. The Morgan fingerprint density at radius 3 is 2.31 bits per heavy atom. The minimum atomic E-state index is -1.29. The average molecular weight is 626 g/mol. The lowest BCUT2D eigenvalue weighted by Crippen LogP contribution is -2.45. The quantitative estimate of drug-likeness (QED) is 0.207. The number of fused-ring (bicyclic) bond motifs is 2. The number of benzene rings is 4. The largest absolute Gasteiger partial charge is 0.380 e. The predicted octanol–water partition coefficient (Wildman–Crippen LogP) is 6.44. The van der Waals surface area contributed by atoms with Crippen LogP contribution in [0.3, 0.4) is 0 Å². The topological polar surface area (TPSA) is 63.1 Å². The standard InChI is InChI=1S/C35H37BrN4O2/c1-38(2)16-15-35(41,31-14-8-12-26-11-6-7-13-30(26)31)32-24-29(36)23-27-22-28(21-25-9-4-3-5-10-25)34(37-33(27)32)39-17-19-40(42)20-18-39/h3-14,22-24,41-42H,15-21H2,1-2H3. The van der Waals surface area contributed by atoms with E-state index in [1.54, 1.807) is 0 Å². The molecule has 1 aliphatic rings. The molecule has 2 N–H and O–H groups in total. The maximum Gasteiger partial charge on any atom is 0.132 e. The van der Waals surface area contributed by atoms with Crippen LogP contribution in [0.1, 0.15) is 28.7 Å². The number of hydrogen-bond acceptors (Lipinski definition) is 6. The number of piperazine rings is 1. The number of hydrogen-bond donors (Lipinski definition) is 2. The second-order valence-electron chi connectivity index (χ2n) is 11.5. The van der Waals surface area contributed by atoms with E-state index in [1.165, 1.54) is 10.6 Å². The molecule has 1 fully saturated rings.